The van der Waals surface area contributed by atoms with Gasteiger partial charge in [0.1, 0.15) is 0 Å². The van der Waals surface area contributed by atoms with Crippen LogP contribution in [0.3, 0.4) is 0 Å². The summed E-state index contributed by atoms with van der Waals surface area (Å²) in [7, 11) is 0. The number of nitrogens with zero attached hydrogens (tertiary/aromatic N) is 3. The van der Waals surface area contributed by atoms with Crippen molar-refractivity contribution in [2.75, 3.05) is 6.61 Å². The molecular weight excluding hydrogens is 356 g/mol. The molecule has 0 saturated heterocycles. The van der Waals surface area contributed by atoms with Crippen LogP contribution in [0, 0.1) is 20.2 Å². The van der Waals surface area contributed by atoms with Crippen molar-refractivity contribution in [2.24, 2.45) is 5.10 Å². The number of hydrogen-bond acceptors (Lipinski definition) is 7. The summed E-state index contributed by atoms with van der Waals surface area (Å²) in [6.45, 7) is -0.462. The van der Waals surface area contributed by atoms with Gasteiger partial charge in [-0.05, 0) is 24.3 Å². The van der Waals surface area contributed by atoms with Gasteiger partial charge in [0.2, 0.25) is 0 Å². The molecule has 0 aliphatic rings. The van der Waals surface area contributed by atoms with Crippen molar-refractivity contribution >= 4 is 29.6 Å². The third-order valence-corrected chi connectivity index (χ3v) is 3.18. The first-order valence-electron chi connectivity index (χ1n) is 7.57. The summed E-state index contributed by atoms with van der Waals surface area (Å²) in [6, 6.07) is 11.8. The van der Waals surface area contributed by atoms with Crippen molar-refractivity contribution in [1.29, 1.82) is 0 Å². The average Bonchev–Trinajstić information content (AvgIpc) is 2.66. The highest BCUT2D eigenvalue weighted by atomic mass is 16.6. The number of carbonyl (C=O) groups is 1. The van der Waals surface area contributed by atoms with Crippen molar-refractivity contribution in [3.8, 4) is 5.75 Å². The Bertz CT molecular complexity index is 910. The molecule has 0 fully saturated rings. The summed E-state index contributed by atoms with van der Waals surface area (Å²) in [5.41, 5.74) is 2.26. The summed E-state index contributed by atoms with van der Waals surface area (Å²) in [5, 5.41) is 25.4. The fraction of sp³-hybridized carbons (Fsp3) is 0.0588. The number of allylic oxidation sites excluding steroid dienone is 1. The topological polar surface area (TPSA) is 137 Å². The number of ether oxygens (including phenoxy) is 1. The van der Waals surface area contributed by atoms with Gasteiger partial charge in [0.15, 0.2) is 12.4 Å². The van der Waals surface area contributed by atoms with Crippen LogP contribution >= 0.6 is 0 Å². The third-order valence-electron chi connectivity index (χ3n) is 3.18. The first-order chi connectivity index (χ1) is 13.0. The molecule has 27 heavy (non-hydrogen) atoms. The molecule has 0 spiro atoms. The molecule has 0 unspecified atom stereocenters. The number of carbonyl (C=O) groups excluding carboxylic acids is 1. The number of hydrazone groups is 1. The maximum absolute atomic E-state index is 11.6. The largest absolute Gasteiger partial charge is 0.477 e. The zero-order valence-electron chi connectivity index (χ0n) is 13.8. The lowest BCUT2D eigenvalue weighted by Crippen LogP contribution is -2.24. The summed E-state index contributed by atoms with van der Waals surface area (Å²) < 4.78 is 5.11. The van der Waals surface area contributed by atoms with Gasteiger partial charge in [-0.1, -0.05) is 24.3 Å². The fourth-order valence-corrected chi connectivity index (χ4v) is 2.00. The summed E-state index contributed by atoms with van der Waals surface area (Å²) >= 11 is 0. The Balaban J connectivity index is 1.86. The molecule has 0 bridgehead atoms. The SMILES string of the molecule is O=C(COc1ccccc1[N+](=O)[O-])N/N=C\C=C\c1ccccc1[N+](=O)[O-]. The molecule has 10 heteroatoms. The zero-order valence-corrected chi connectivity index (χ0v) is 13.8. The lowest BCUT2D eigenvalue weighted by Gasteiger charge is -2.05. The van der Waals surface area contributed by atoms with Crippen LogP contribution in [0.25, 0.3) is 6.08 Å². The van der Waals surface area contributed by atoms with E-state index in [4.69, 9.17) is 4.74 Å². The molecule has 1 N–H and O–H groups in total. The zero-order chi connectivity index (χ0) is 19.6. The van der Waals surface area contributed by atoms with E-state index in [2.05, 4.69) is 10.5 Å². The number of nitro groups is 2. The number of nitro benzene ring substituents is 2. The van der Waals surface area contributed by atoms with Crippen molar-refractivity contribution in [3.05, 3.63) is 80.4 Å². The Kier molecular flexibility index (Phi) is 6.71. The average molecular weight is 370 g/mol. The van der Waals surface area contributed by atoms with Crippen LogP contribution in [0.15, 0.2) is 59.7 Å². The van der Waals surface area contributed by atoms with Crippen LogP contribution in [-0.4, -0.2) is 28.6 Å². The van der Waals surface area contributed by atoms with E-state index in [0.717, 1.165) is 0 Å². The number of benzene rings is 2. The van der Waals surface area contributed by atoms with Crippen LogP contribution in [-0.2, 0) is 4.79 Å². The van der Waals surface area contributed by atoms with E-state index in [1.165, 1.54) is 42.6 Å². The molecule has 2 aromatic carbocycles. The highest BCUT2D eigenvalue weighted by Gasteiger charge is 2.14. The van der Waals surface area contributed by atoms with Crippen molar-refractivity contribution in [2.45, 2.75) is 0 Å². The standard InChI is InChI=1S/C17H14N4O6/c22-17(12-27-16-10-4-3-9-15(16)21(25)26)19-18-11-5-7-13-6-1-2-8-14(13)20(23)24/h1-11H,12H2,(H,19,22)/b7-5+,18-11-. The van der Waals surface area contributed by atoms with Gasteiger partial charge >= 0.3 is 5.69 Å². The maximum Gasteiger partial charge on any atom is 0.310 e. The van der Waals surface area contributed by atoms with Gasteiger partial charge in [0, 0.05) is 18.3 Å². The van der Waals surface area contributed by atoms with E-state index >= 15 is 0 Å². The summed E-state index contributed by atoms with van der Waals surface area (Å²) in [5.74, 6) is -0.651. The Morgan fingerprint density at radius 3 is 2.37 bits per heavy atom. The van der Waals surface area contributed by atoms with Gasteiger partial charge in [-0.15, -0.1) is 0 Å². The number of para-hydroxylation sites is 3. The molecule has 0 aliphatic heterocycles. The molecule has 0 atom stereocenters. The predicted octanol–water partition coefficient (Wildman–Crippen LogP) is 2.70. The van der Waals surface area contributed by atoms with Crippen LogP contribution in [0.5, 0.6) is 5.75 Å². The molecule has 2 aromatic rings. The second-order valence-electron chi connectivity index (χ2n) is 5.00. The number of nitrogens with one attached hydrogen (secondary N) is 1. The lowest BCUT2D eigenvalue weighted by atomic mass is 10.2. The van der Waals surface area contributed by atoms with Crippen LogP contribution in [0.1, 0.15) is 5.56 Å². The minimum Gasteiger partial charge on any atom is -0.477 e. The fourth-order valence-electron chi connectivity index (χ4n) is 2.00. The van der Waals surface area contributed by atoms with Gasteiger partial charge < -0.3 is 4.74 Å². The Labute approximate surface area is 153 Å². The molecule has 0 saturated carbocycles. The first kappa shape index (κ1) is 19.2. The number of hydrogen-bond donors (Lipinski definition) is 1. The molecule has 0 aromatic heterocycles. The number of rotatable bonds is 8. The molecule has 1 amide bonds. The molecule has 10 nitrogen and oxygen atoms in total. The minimum atomic E-state index is -0.622. The Hall–Kier alpha value is -4.08. The van der Waals surface area contributed by atoms with E-state index in [9.17, 15) is 25.0 Å². The van der Waals surface area contributed by atoms with Gasteiger partial charge in [0.25, 0.3) is 11.6 Å². The maximum atomic E-state index is 11.6. The van der Waals surface area contributed by atoms with E-state index in [1.54, 1.807) is 24.3 Å². The molecule has 0 heterocycles. The third kappa shape index (κ3) is 5.74. The monoisotopic (exact) mass is 370 g/mol. The smallest absolute Gasteiger partial charge is 0.310 e. The lowest BCUT2D eigenvalue weighted by molar-refractivity contribution is -0.385. The number of amides is 1. The normalized spacial score (nSPS) is 10.8. The minimum absolute atomic E-state index is 0.0297. The van der Waals surface area contributed by atoms with Crippen LogP contribution in [0.2, 0.25) is 0 Å². The van der Waals surface area contributed by atoms with Crippen molar-refractivity contribution in [3.63, 3.8) is 0 Å². The molecule has 0 radical (unpaired) electrons. The quantitative estimate of drug-likeness (QED) is 0.431. The van der Waals surface area contributed by atoms with Crippen LogP contribution in [0.4, 0.5) is 11.4 Å². The summed E-state index contributed by atoms with van der Waals surface area (Å²) in [6.07, 6.45) is 4.13. The first-order valence-corrected chi connectivity index (χ1v) is 7.57. The Morgan fingerprint density at radius 1 is 1.04 bits per heavy atom. The summed E-state index contributed by atoms with van der Waals surface area (Å²) in [4.78, 5) is 32.3. The van der Waals surface area contributed by atoms with E-state index in [-0.39, 0.29) is 17.1 Å². The highest BCUT2D eigenvalue weighted by Crippen LogP contribution is 2.25. The predicted molar refractivity (Wildman–Crippen MR) is 97.4 cm³/mol. The second kappa shape index (κ2) is 9.42. The van der Waals surface area contributed by atoms with Gasteiger partial charge in [-0.25, -0.2) is 5.43 Å². The molecule has 138 valence electrons. The van der Waals surface area contributed by atoms with Crippen LogP contribution < -0.4 is 10.2 Å². The second-order valence-corrected chi connectivity index (χ2v) is 5.00. The molecule has 2 rings (SSSR count). The van der Waals surface area contributed by atoms with E-state index in [0.29, 0.717) is 5.56 Å². The van der Waals surface area contributed by atoms with Gasteiger partial charge in [0.05, 0.1) is 15.4 Å². The highest BCUT2D eigenvalue weighted by molar-refractivity contribution is 5.82. The van der Waals surface area contributed by atoms with Crippen molar-refractivity contribution < 1.29 is 19.4 Å². The van der Waals surface area contributed by atoms with Crippen molar-refractivity contribution in [1.82, 2.24) is 5.43 Å². The molecule has 0 aliphatic carbocycles. The van der Waals surface area contributed by atoms with Gasteiger partial charge in [-0.3, -0.25) is 25.0 Å². The van der Waals surface area contributed by atoms with E-state index in [1.807, 2.05) is 0 Å². The molecular formula is C17H14N4O6. The Morgan fingerprint density at radius 2 is 1.67 bits per heavy atom. The van der Waals surface area contributed by atoms with E-state index < -0.39 is 22.4 Å². The van der Waals surface area contributed by atoms with Gasteiger partial charge in [-0.2, -0.15) is 5.10 Å².